The fraction of sp³-hybridized carbons (Fsp3) is 0.923. The van der Waals surface area contributed by atoms with Gasteiger partial charge in [-0.2, -0.15) is 4.31 Å². The number of amides is 1. The molecule has 0 heterocycles. The molecular weight excluding hydrogens is 280 g/mol. The fourth-order valence-electron chi connectivity index (χ4n) is 2.41. The summed E-state index contributed by atoms with van der Waals surface area (Å²) in [5.41, 5.74) is 0. The highest BCUT2D eigenvalue weighted by molar-refractivity contribution is 7.88. The molecule has 1 rings (SSSR count). The summed E-state index contributed by atoms with van der Waals surface area (Å²) in [6.07, 6.45) is 6.99. The summed E-state index contributed by atoms with van der Waals surface area (Å²) in [4.78, 5) is 11.9. The molecule has 20 heavy (non-hydrogen) atoms. The van der Waals surface area contributed by atoms with Crippen molar-refractivity contribution in [2.24, 2.45) is 0 Å². The molecule has 1 saturated carbocycles. The fourth-order valence-corrected chi connectivity index (χ4v) is 3.24. The molecule has 6 nitrogen and oxygen atoms in total. The van der Waals surface area contributed by atoms with Gasteiger partial charge in [0.1, 0.15) is 0 Å². The van der Waals surface area contributed by atoms with Gasteiger partial charge in [-0.3, -0.25) is 4.79 Å². The van der Waals surface area contributed by atoms with Crippen LogP contribution in [0.4, 0.5) is 0 Å². The third-order valence-corrected chi connectivity index (χ3v) is 4.88. The summed E-state index contributed by atoms with van der Waals surface area (Å²) in [7, 11) is -1.77. The molecule has 0 aromatic heterocycles. The van der Waals surface area contributed by atoms with Crippen LogP contribution in [0.2, 0.25) is 0 Å². The molecule has 7 heteroatoms. The van der Waals surface area contributed by atoms with Gasteiger partial charge in [0.05, 0.1) is 12.9 Å². The molecule has 0 atom stereocenters. The molecule has 0 aromatic carbocycles. The number of carbonyl (C=O) groups excluding carboxylic acids is 1. The van der Waals surface area contributed by atoms with Crippen LogP contribution in [-0.2, 0) is 19.6 Å². The first-order valence-corrected chi connectivity index (χ1v) is 9.01. The van der Waals surface area contributed by atoms with Crippen molar-refractivity contribution in [2.75, 3.05) is 33.1 Å². The molecule has 0 saturated heterocycles. The normalized spacial score (nSPS) is 17.4. The molecule has 118 valence electrons. The molecule has 0 radical (unpaired) electrons. The van der Waals surface area contributed by atoms with E-state index in [1.165, 1.54) is 17.8 Å². The Kier molecular flexibility index (Phi) is 7.47. The maximum Gasteiger partial charge on any atom is 0.221 e. The Morgan fingerprint density at radius 2 is 1.90 bits per heavy atom. The van der Waals surface area contributed by atoms with Gasteiger partial charge in [0, 0.05) is 32.7 Å². The number of sulfonamides is 1. The number of ether oxygens (including phenoxy) is 1. The summed E-state index contributed by atoms with van der Waals surface area (Å²) in [5, 5.41) is 2.99. The lowest BCUT2D eigenvalue weighted by Crippen LogP contribution is -2.40. The quantitative estimate of drug-likeness (QED) is 0.717. The molecule has 1 amide bonds. The Hall–Kier alpha value is -0.660. The summed E-state index contributed by atoms with van der Waals surface area (Å²) in [6, 6.07) is 0.266. The Morgan fingerprint density at radius 1 is 1.25 bits per heavy atom. The van der Waals surface area contributed by atoms with Crippen molar-refractivity contribution in [1.29, 1.82) is 0 Å². The highest BCUT2D eigenvalue weighted by Crippen LogP contribution is 2.17. The maximum absolute atomic E-state index is 11.9. The molecule has 0 aliphatic heterocycles. The first-order valence-electron chi connectivity index (χ1n) is 7.17. The van der Waals surface area contributed by atoms with Gasteiger partial charge in [0.25, 0.3) is 0 Å². The molecular formula is C13H26N2O4S. The van der Waals surface area contributed by atoms with Crippen molar-refractivity contribution in [2.45, 2.75) is 44.6 Å². The van der Waals surface area contributed by atoms with Crippen LogP contribution < -0.4 is 5.32 Å². The van der Waals surface area contributed by atoms with Crippen molar-refractivity contribution < 1.29 is 17.9 Å². The zero-order valence-corrected chi connectivity index (χ0v) is 13.2. The van der Waals surface area contributed by atoms with Crippen LogP contribution in [0.5, 0.6) is 0 Å². The van der Waals surface area contributed by atoms with Gasteiger partial charge in [-0.1, -0.05) is 19.3 Å². The first-order chi connectivity index (χ1) is 9.43. The predicted molar refractivity (Wildman–Crippen MR) is 77.9 cm³/mol. The van der Waals surface area contributed by atoms with Crippen molar-refractivity contribution in [3.05, 3.63) is 0 Å². The van der Waals surface area contributed by atoms with Gasteiger partial charge in [0.2, 0.25) is 15.9 Å². The van der Waals surface area contributed by atoms with Gasteiger partial charge in [-0.05, 0) is 12.8 Å². The molecule has 1 N–H and O–H groups in total. The van der Waals surface area contributed by atoms with E-state index >= 15 is 0 Å². The highest BCUT2D eigenvalue weighted by Gasteiger charge is 2.19. The summed E-state index contributed by atoms with van der Waals surface area (Å²) >= 11 is 0. The molecule has 1 fully saturated rings. The number of nitrogens with zero attached hydrogens (tertiary/aromatic N) is 1. The summed E-state index contributed by atoms with van der Waals surface area (Å²) in [5.74, 6) is -0.0667. The molecule has 1 aliphatic carbocycles. The second-order valence-corrected chi connectivity index (χ2v) is 7.29. The number of nitrogens with one attached hydrogen (secondary N) is 1. The smallest absolute Gasteiger partial charge is 0.221 e. The third-order valence-electron chi connectivity index (χ3n) is 3.57. The van der Waals surface area contributed by atoms with Crippen LogP contribution in [0.1, 0.15) is 38.5 Å². The number of rotatable bonds is 8. The summed E-state index contributed by atoms with van der Waals surface area (Å²) in [6.45, 7) is 0.824. The van der Waals surface area contributed by atoms with Crippen LogP contribution in [0.3, 0.4) is 0 Å². The van der Waals surface area contributed by atoms with Crippen LogP contribution in [0.25, 0.3) is 0 Å². The van der Waals surface area contributed by atoms with Gasteiger partial charge in [-0.15, -0.1) is 0 Å². The van der Waals surface area contributed by atoms with E-state index in [0.717, 1.165) is 31.9 Å². The molecule has 0 spiro atoms. The number of hydrogen-bond donors (Lipinski definition) is 1. The van der Waals surface area contributed by atoms with E-state index in [9.17, 15) is 13.2 Å². The lowest BCUT2D eigenvalue weighted by atomic mass is 9.95. The highest BCUT2D eigenvalue weighted by atomic mass is 32.2. The van der Waals surface area contributed by atoms with Gasteiger partial charge >= 0.3 is 0 Å². The van der Waals surface area contributed by atoms with E-state index in [2.05, 4.69) is 5.32 Å². The monoisotopic (exact) mass is 306 g/mol. The standard InChI is InChI=1S/C13H26N2O4S/c1-19-11-10-15(20(2,17)18)9-8-13(16)14-12-6-4-3-5-7-12/h12H,3-11H2,1-2H3,(H,14,16). The van der Waals surface area contributed by atoms with Crippen molar-refractivity contribution >= 4 is 15.9 Å². The van der Waals surface area contributed by atoms with Crippen molar-refractivity contribution in [3.63, 3.8) is 0 Å². The minimum Gasteiger partial charge on any atom is -0.383 e. The van der Waals surface area contributed by atoms with Crippen LogP contribution in [-0.4, -0.2) is 57.7 Å². The van der Waals surface area contributed by atoms with Crippen LogP contribution in [0, 0.1) is 0 Å². The summed E-state index contributed by atoms with van der Waals surface area (Å²) < 4.78 is 29.3. The van der Waals surface area contributed by atoms with E-state index in [4.69, 9.17) is 4.74 Å². The van der Waals surface area contributed by atoms with E-state index in [1.807, 2.05) is 0 Å². The topological polar surface area (TPSA) is 75.7 Å². The van der Waals surface area contributed by atoms with E-state index < -0.39 is 10.0 Å². The first kappa shape index (κ1) is 17.4. The number of hydrogen-bond acceptors (Lipinski definition) is 4. The van der Waals surface area contributed by atoms with E-state index in [1.54, 1.807) is 0 Å². The van der Waals surface area contributed by atoms with Gasteiger partial charge in [-0.25, -0.2) is 8.42 Å². The third kappa shape index (κ3) is 6.67. The maximum atomic E-state index is 11.9. The molecule has 0 bridgehead atoms. The Labute approximate surface area is 121 Å². The predicted octanol–water partition coefficient (Wildman–Crippen LogP) is 0.733. The van der Waals surface area contributed by atoms with Crippen LogP contribution >= 0.6 is 0 Å². The average molecular weight is 306 g/mol. The minimum absolute atomic E-state index is 0.0667. The molecule has 0 unspecified atom stereocenters. The molecule has 1 aliphatic rings. The Balaban J connectivity index is 2.35. The largest absolute Gasteiger partial charge is 0.383 e. The second-order valence-electron chi connectivity index (χ2n) is 5.31. The lowest BCUT2D eigenvalue weighted by Gasteiger charge is -2.24. The second kappa shape index (κ2) is 8.59. The number of carbonyl (C=O) groups is 1. The lowest BCUT2D eigenvalue weighted by molar-refractivity contribution is -0.122. The Bertz CT molecular complexity index is 391. The van der Waals surface area contributed by atoms with E-state index in [0.29, 0.717) is 6.61 Å². The zero-order valence-electron chi connectivity index (χ0n) is 12.4. The van der Waals surface area contributed by atoms with E-state index in [-0.39, 0.29) is 31.5 Å². The van der Waals surface area contributed by atoms with Gasteiger partial charge in [0.15, 0.2) is 0 Å². The average Bonchev–Trinajstić information content (AvgIpc) is 2.38. The van der Waals surface area contributed by atoms with Crippen molar-refractivity contribution in [3.8, 4) is 0 Å². The van der Waals surface area contributed by atoms with Gasteiger partial charge < -0.3 is 10.1 Å². The number of methoxy groups -OCH3 is 1. The van der Waals surface area contributed by atoms with Crippen LogP contribution in [0.15, 0.2) is 0 Å². The SMILES string of the molecule is COCCN(CCC(=O)NC1CCCCC1)S(C)(=O)=O. The minimum atomic E-state index is -3.29. The Morgan fingerprint density at radius 3 is 2.45 bits per heavy atom. The van der Waals surface area contributed by atoms with Crippen molar-refractivity contribution in [1.82, 2.24) is 9.62 Å². The molecule has 0 aromatic rings. The zero-order chi connectivity index (χ0) is 15.0.